The van der Waals surface area contributed by atoms with E-state index in [1.54, 1.807) is 0 Å². The minimum absolute atomic E-state index is 0.191. The number of likely N-dealkylation sites (tertiary alicyclic amines) is 1. The molecule has 1 aliphatic carbocycles. The van der Waals surface area contributed by atoms with Gasteiger partial charge in [-0.2, -0.15) is 0 Å². The van der Waals surface area contributed by atoms with E-state index in [-0.39, 0.29) is 6.09 Å². The number of piperidine rings is 1. The van der Waals surface area contributed by atoms with E-state index in [2.05, 4.69) is 5.48 Å². The topological polar surface area (TPSA) is 50.8 Å². The number of rotatable bonds is 4. The van der Waals surface area contributed by atoms with Crippen molar-refractivity contribution in [1.29, 1.82) is 0 Å². The maximum atomic E-state index is 12.1. The molecule has 1 N–H and O–H groups in total. The Balaban J connectivity index is 1.68. The summed E-state index contributed by atoms with van der Waals surface area (Å²) in [7, 11) is 0. The molecule has 5 heteroatoms. The van der Waals surface area contributed by atoms with Crippen LogP contribution < -0.4 is 5.48 Å². The number of amides is 1. The van der Waals surface area contributed by atoms with E-state index in [9.17, 15) is 4.79 Å². The summed E-state index contributed by atoms with van der Waals surface area (Å²) in [4.78, 5) is 19.6. The second kappa shape index (κ2) is 7.45. The molecule has 0 aromatic carbocycles. The molecular formula is C16H30N2O3. The van der Waals surface area contributed by atoms with Crippen molar-refractivity contribution < 1.29 is 14.4 Å². The zero-order valence-electron chi connectivity index (χ0n) is 13.7. The van der Waals surface area contributed by atoms with Crippen LogP contribution in [0.3, 0.4) is 0 Å². The molecule has 2 fully saturated rings. The molecule has 1 unspecified atom stereocenters. The Hall–Kier alpha value is -0.810. The van der Waals surface area contributed by atoms with Crippen LogP contribution in [-0.2, 0) is 9.57 Å². The number of hydrogen-bond acceptors (Lipinski definition) is 4. The van der Waals surface area contributed by atoms with Gasteiger partial charge in [0.1, 0.15) is 5.60 Å². The van der Waals surface area contributed by atoms with Crippen molar-refractivity contribution in [1.82, 2.24) is 10.4 Å². The van der Waals surface area contributed by atoms with Gasteiger partial charge in [-0.15, -0.1) is 0 Å². The van der Waals surface area contributed by atoms with E-state index >= 15 is 0 Å². The van der Waals surface area contributed by atoms with Gasteiger partial charge >= 0.3 is 6.09 Å². The quantitative estimate of drug-likeness (QED) is 0.810. The van der Waals surface area contributed by atoms with Gasteiger partial charge in [-0.05, 0) is 52.4 Å². The number of nitrogens with zero attached hydrogens (tertiary/aromatic N) is 1. The van der Waals surface area contributed by atoms with Crippen molar-refractivity contribution in [2.75, 3.05) is 19.6 Å². The van der Waals surface area contributed by atoms with Gasteiger partial charge in [0.15, 0.2) is 0 Å². The lowest BCUT2D eigenvalue weighted by Gasteiger charge is -2.34. The molecule has 1 saturated heterocycles. The normalized spacial score (nSPS) is 24.3. The molecule has 0 spiro atoms. The first-order valence-electron chi connectivity index (χ1n) is 8.30. The van der Waals surface area contributed by atoms with Gasteiger partial charge in [0.25, 0.3) is 0 Å². The summed E-state index contributed by atoms with van der Waals surface area (Å²) in [6.07, 6.45) is 7.27. The molecule has 1 aliphatic heterocycles. The summed E-state index contributed by atoms with van der Waals surface area (Å²) in [5.74, 6) is 0.452. The van der Waals surface area contributed by atoms with E-state index in [1.165, 1.54) is 25.7 Å². The third-order valence-corrected chi connectivity index (χ3v) is 4.09. The third-order valence-electron chi connectivity index (χ3n) is 4.09. The Bertz CT molecular complexity index is 335. The van der Waals surface area contributed by atoms with Gasteiger partial charge in [0.05, 0.1) is 6.10 Å². The van der Waals surface area contributed by atoms with Gasteiger partial charge in [0, 0.05) is 19.6 Å². The van der Waals surface area contributed by atoms with Gasteiger partial charge in [0.2, 0.25) is 0 Å². The SMILES string of the molecule is CC(C)(C)OC(=O)N1CCCC(CNOC2CCCC2)C1. The summed E-state index contributed by atoms with van der Waals surface area (Å²) >= 11 is 0. The molecule has 1 saturated carbocycles. The van der Waals surface area contributed by atoms with Crippen molar-refractivity contribution in [3.8, 4) is 0 Å². The molecule has 0 bridgehead atoms. The lowest BCUT2D eigenvalue weighted by molar-refractivity contribution is -0.0331. The number of carbonyl (C=O) groups excluding carboxylic acids is 1. The first-order valence-corrected chi connectivity index (χ1v) is 8.30. The number of ether oxygens (including phenoxy) is 1. The van der Waals surface area contributed by atoms with Crippen LogP contribution in [0.15, 0.2) is 0 Å². The number of hydroxylamine groups is 1. The molecule has 122 valence electrons. The van der Waals surface area contributed by atoms with Crippen molar-refractivity contribution in [3.05, 3.63) is 0 Å². The third kappa shape index (κ3) is 5.83. The van der Waals surface area contributed by atoms with Gasteiger partial charge in [-0.25, -0.2) is 10.3 Å². The van der Waals surface area contributed by atoms with Gasteiger partial charge in [-0.1, -0.05) is 12.8 Å². The molecule has 0 radical (unpaired) electrons. The van der Waals surface area contributed by atoms with Crippen LogP contribution in [0, 0.1) is 5.92 Å². The predicted octanol–water partition coefficient (Wildman–Crippen LogP) is 3.10. The highest BCUT2D eigenvalue weighted by molar-refractivity contribution is 5.68. The predicted molar refractivity (Wildman–Crippen MR) is 81.9 cm³/mol. The van der Waals surface area contributed by atoms with E-state index in [4.69, 9.17) is 9.57 Å². The Morgan fingerprint density at radius 1 is 1.19 bits per heavy atom. The molecular weight excluding hydrogens is 268 g/mol. The highest BCUT2D eigenvalue weighted by Crippen LogP contribution is 2.21. The number of hydrogen-bond donors (Lipinski definition) is 1. The minimum atomic E-state index is -0.423. The number of carbonyl (C=O) groups is 1. The van der Waals surface area contributed by atoms with Gasteiger partial charge in [-0.3, -0.25) is 4.84 Å². The lowest BCUT2D eigenvalue weighted by Crippen LogP contribution is -2.45. The smallest absolute Gasteiger partial charge is 0.410 e. The van der Waals surface area contributed by atoms with Crippen molar-refractivity contribution in [2.45, 2.75) is 71.0 Å². The summed E-state index contributed by atoms with van der Waals surface area (Å²) < 4.78 is 5.45. The fourth-order valence-corrected chi connectivity index (χ4v) is 3.01. The fourth-order valence-electron chi connectivity index (χ4n) is 3.01. The molecule has 1 amide bonds. The largest absolute Gasteiger partial charge is 0.444 e. The van der Waals surface area contributed by atoms with Crippen molar-refractivity contribution in [3.63, 3.8) is 0 Å². The maximum Gasteiger partial charge on any atom is 0.410 e. The first-order chi connectivity index (χ1) is 9.94. The Morgan fingerprint density at radius 3 is 2.57 bits per heavy atom. The minimum Gasteiger partial charge on any atom is -0.444 e. The molecule has 2 rings (SSSR count). The van der Waals surface area contributed by atoms with E-state index in [0.29, 0.717) is 12.0 Å². The second-order valence-electron chi connectivity index (χ2n) is 7.31. The Kier molecular flexibility index (Phi) is 5.88. The van der Waals surface area contributed by atoms with Crippen LogP contribution in [0.2, 0.25) is 0 Å². The molecule has 2 aliphatic rings. The first kappa shape index (κ1) is 16.6. The summed E-state index contributed by atoms with van der Waals surface area (Å²) in [5, 5.41) is 0. The molecule has 0 aromatic rings. The van der Waals surface area contributed by atoms with Crippen LogP contribution in [0.1, 0.15) is 59.3 Å². The van der Waals surface area contributed by atoms with Crippen LogP contribution in [0.5, 0.6) is 0 Å². The van der Waals surface area contributed by atoms with Crippen LogP contribution >= 0.6 is 0 Å². The molecule has 0 aromatic heterocycles. The van der Waals surface area contributed by atoms with E-state index in [0.717, 1.165) is 32.5 Å². The monoisotopic (exact) mass is 298 g/mol. The van der Waals surface area contributed by atoms with E-state index in [1.807, 2.05) is 25.7 Å². The lowest BCUT2D eigenvalue weighted by atomic mass is 9.99. The molecule has 5 nitrogen and oxygen atoms in total. The summed E-state index contributed by atoms with van der Waals surface area (Å²) in [6.45, 7) is 8.09. The summed E-state index contributed by atoms with van der Waals surface area (Å²) in [6, 6.07) is 0. The van der Waals surface area contributed by atoms with Crippen LogP contribution in [0.4, 0.5) is 4.79 Å². The molecule has 1 atom stereocenters. The van der Waals surface area contributed by atoms with Crippen LogP contribution in [-0.4, -0.2) is 42.3 Å². The van der Waals surface area contributed by atoms with E-state index < -0.39 is 5.60 Å². The summed E-state index contributed by atoms with van der Waals surface area (Å²) in [5.41, 5.74) is 2.70. The van der Waals surface area contributed by atoms with Crippen molar-refractivity contribution >= 4 is 6.09 Å². The van der Waals surface area contributed by atoms with Crippen molar-refractivity contribution in [2.24, 2.45) is 5.92 Å². The molecule has 21 heavy (non-hydrogen) atoms. The Labute approximate surface area is 128 Å². The average Bonchev–Trinajstić information content (AvgIpc) is 2.90. The van der Waals surface area contributed by atoms with Gasteiger partial charge < -0.3 is 9.64 Å². The average molecular weight is 298 g/mol. The highest BCUT2D eigenvalue weighted by Gasteiger charge is 2.27. The molecule has 1 heterocycles. The zero-order valence-corrected chi connectivity index (χ0v) is 13.7. The highest BCUT2D eigenvalue weighted by atomic mass is 16.7. The standard InChI is InChI=1S/C16H30N2O3/c1-16(2,3)20-15(19)18-10-6-7-13(12-18)11-17-21-14-8-4-5-9-14/h13-14,17H,4-12H2,1-3H3. The maximum absolute atomic E-state index is 12.1. The van der Waals surface area contributed by atoms with Crippen LogP contribution in [0.25, 0.3) is 0 Å². The number of nitrogens with one attached hydrogen (secondary N) is 1. The Morgan fingerprint density at radius 2 is 1.90 bits per heavy atom. The zero-order chi connectivity index (χ0) is 15.3. The second-order valence-corrected chi connectivity index (χ2v) is 7.31. The fraction of sp³-hybridized carbons (Fsp3) is 0.938.